The summed E-state index contributed by atoms with van der Waals surface area (Å²) in [6, 6.07) is 1.67. The lowest BCUT2D eigenvalue weighted by Crippen LogP contribution is -2.52. The number of pyridine rings is 1. The van der Waals surface area contributed by atoms with Gasteiger partial charge in [0.2, 0.25) is 0 Å². The first kappa shape index (κ1) is 15.7. The SMILES string of the molecule is CC(C)(O)CN1CCN(C(=O)c2ccncc2NN)CC1. The minimum atomic E-state index is -0.714. The number of β-amino-alcohol motifs (C(OH)–C–C–N with tert-alkyl or cyclic N) is 1. The minimum Gasteiger partial charge on any atom is -0.389 e. The second-order valence-electron chi connectivity index (χ2n) is 5.95. The normalized spacial score (nSPS) is 16.9. The quantitative estimate of drug-likeness (QED) is 0.530. The highest BCUT2D eigenvalue weighted by molar-refractivity contribution is 5.99. The smallest absolute Gasteiger partial charge is 0.256 e. The first-order valence-corrected chi connectivity index (χ1v) is 7.05. The molecule has 0 bridgehead atoms. The van der Waals surface area contributed by atoms with Gasteiger partial charge in [-0.25, -0.2) is 0 Å². The summed E-state index contributed by atoms with van der Waals surface area (Å²) in [6.45, 7) is 6.99. The van der Waals surface area contributed by atoms with Crippen LogP contribution in [0.25, 0.3) is 0 Å². The summed E-state index contributed by atoms with van der Waals surface area (Å²) < 4.78 is 0. The summed E-state index contributed by atoms with van der Waals surface area (Å²) in [4.78, 5) is 20.4. The van der Waals surface area contributed by atoms with E-state index in [0.29, 0.717) is 30.9 Å². The topological polar surface area (TPSA) is 94.7 Å². The fourth-order valence-electron chi connectivity index (χ4n) is 2.52. The number of aliphatic hydroxyl groups is 1. The van der Waals surface area contributed by atoms with Gasteiger partial charge in [-0.05, 0) is 19.9 Å². The van der Waals surface area contributed by atoms with Crippen LogP contribution in [0.5, 0.6) is 0 Å². The number of hydrogen-bond donors (Lipinski definition) is 3. The molecule has 1 saturated heterocycles. The standard InChI is InChI=1S/C14H23N5O2/c1-14(2,21)10-18-5-7-19(8-6-18)13(20)11-3-4-16-9-12(11)17-15/h3-4,9,17,21H,5-8,10,15H2,1-2H3. The average molecular weight is 293 g/mol. The van der Waals surface area contributed by atoms with Gasteiger partial charge in [-0.1, -0.05) is 0 Å². The van der Waals surface area contributed by atoms with E-state index in [4.69, 9.17) is 5.84 Å². The van der Waals surface area contributed by atoms with E-state index < -0.39 is 5.60 Å². The fraction of sp³-hybridized carbons (Fsp3) is 0.571. The molecule has 0 unspecified atom stereocenters. The Morgan fingerprint density at radius 1 is 1.43 bits per heavy atom. The highest BCUT2D eigenvalue weighted by Gasteiger charge is 2.26. The molecular weight excluding hydrogens is 270 g/mol. The Labute approximate surface area is 124 Å². The molecule has 2 rings (SSSR count). The van der Waals surface area contributed by atoms with Crippen molar-refractivity contribution in [1.82, 2.24) is 14.8 Å². The number of carbonyl (C=O) groups is 1. The van der Waals surface area contributed by atoms with Gasteiger partial charge in [-0.2, -0.15) is 0 Å². The number of nitrogen functional groups attached to an aromatic ring is 1. The Kier molecular flexibility index (Phi) is 4.76. The summed E-state index contributed by atoms with van der Waals surface area (Å²) in [6.07, 6.45) is 3.12. The molecule has 0 aliphatic carbocycles. The van der Waals surface area contributed by atoms with Crippen molar-refractivity contribution < 1.29 is 9.90 Å². The third kappa shape index (κ3) is 4.13. The van der Waals surface area contributed by atoms with Gasteiger partial charge in [0.25, 0.3) is 5.91 Å². The van der Waals surface area contributed by atoms with Crippen LogP contribution in [0.15, 0.2) is 18.5 Å². The Bertz CT molecular complexity index is 492. The van der Waals surface area contributed by atoms with Crippen LogP contribution in [-0.4, -0.2) is 64.1 Å². The molecule has 7 nitrogen and oxygen atoms in total. The van der Waals surface area contributed by atoms with Crippen LogP contribution in [0.3, 0.4) is 0 Å². The molecular formula is C14H23N5O2. The van der Waals surface area contributed by atoms with Crippen molar-refractivity contribution in [3.8, 4) is 0 Å². The lowest BCUT2D eigenvalue weighted by molar-refractivity contribution is 0.0179. The third-order valence-electron chi connectivity index (χ3n) is 3.48. The van der Waals surface area contributed by atoms with Crippen molar-refractivity contribution in [3.63, 3.8) is 0 Å². The fourth-order valence-corrected chi connectivity index (χ4v) is 2.52. The molecule has 1 aromatic heterocycles. The molecule has 0 atom stereocenters. The highest BCUT2D eigenvalue weighted by atomic mass is 16.3. The highest BCUT2D eigenvalue weighted by Crippen LogP contribution is 2.16. The summed E-state index contributed by atoms with van der Waals surface area (Å²) >= 11 is 0. The molecule has 0 saturated carbocycles. The van der Waals surface area contributed by atoms with E-state index in [0.717, 1.165) is 13.1 Å². The zero-order chi connectivity index (χ0) is 15.5. The molecule has 2 heterocycles. The van der Waals surface area contributed by atoms with Crippen LogP contribution in [0.4, 0.5) is 5.69 Å². The number of anilines is 1. The molecule has 1 aliphatic rings. The molecule has 7 heteroatoms. The van der Waals surface area contributed by atoms with E-state index in [1.54, 1.807) is 31.0 Å². The molecule has 4 N–H and O–H groups in total. The van der Waals surface area contributed by atoms with Crippen molar-refractivity contribution in [2.45, 2.75) is 19.4 Å². The van der Waals surface area contributed by atoms with Gasteiger partial charge < -0.3 is 15.4 Å². The molecule has 116 valence electrons. The minimum absolute atomic E-state index is 0.0479. The van der Waals surface area contributed by atoms with Crippen molar-refractivity contribution >= 4 is 11.6 Å². The summed E-state index contributed by atoms with van der Waals surface area (Å²) in [5.74, 6) is 5.36. The Morgan fingerprint density at radius 2 is 2.10 bits per heavy atom. The maximum absolute atomic E-state index is 12.5. The number of carbonyl (C=O) groups excluding carboxylic acids is 1. The van der Waals surface area contributed by atoms with E-state index in [2.05, 4.69) is 15.3 Å². The van der Waals surface area contributed by atoms with Crippen LogP contribution in [-0.2, 0) is 0 Å². The molecule has 1 aliphatic heterocycles. The maximum Gasteiger partial charge on any atom is 0.256 e. The van der Waals surface area contributed by atoms with Crippen molar-refractivity contribution in [2.75, 3.05) is 38.1 Å². The van der Waals surface area contributed by atoms with Crippen molar-refractivity contribution in [1.29, 1.82) is 0 Å². The van der Waals surface area contributed by atoms with Gasteiger partial charge in [0.1, 0.15) is 0 Å². The molecule has 0 spiro atoms. The van der Waals surface area contributed by atoms with Crippen LogP contribution >= 0.6 is 0 Å². The van der Waals surface area contributed by atoms with E-state index in [9.17, 15) is 9.90 Å². The van der Waals surface area contributed by atoms with Crippen molar-refractivity contribution in [2.24, 2.45) is 5.84 Å². The number of hydrogen-bond acceptors (Lipinski definition) is 6. The zero-order valence-electron chi connectivity index (χ0n) is 12.5. The van der Waals surface area contributed by atoms with E-state index in [-0.39, 0.29) is 5.91 Å². The van der Waals surface area contributed by atoms with Gasteiger partial charge in [-0.15, -0.1) is 0 Å². The third-order valence-corrected chi connectivity index (χ3v) is 3.48. The number of nitrogens with one attached hydrogen (secondary N) is 1. The van der Waals surface area contributed by atoms with Crippen LogP contribution < -0.4 is 11.3 Å². The largest absolute Gasteiger partial charge is 0.389 e. The number of rotatable bonds is 4. The average Bonchev–Trinajstić information content (AvgIpc) is 2.45. The Balaban J connectivity index is 1.97. The van der Waals surface area contributed by atoms with Crippen molar-refractivity contribution in [3.05, 3.63) is 24.0 Å². The summed E-state index contributed by atoms with van der Waals surface area (Å²) in [7, 11) is 0. The van der Waals surface area contributed by atoms with Gasteiger partial charge in [0, 0.05) is 38.9 Å². The number of piperazine rings is 1. The molecule has 21 heavy (non-hydrogen) atoms. The maximum atomic E-state index is 12.5. The summed E-state index contributed by atoms with van der Waals surface area (Å²) in [5.41, 5.74) is 2.85. The molecule has 1 fully saturated rings. The van der Waals surface area contributed by atoms with Gasteiger partial charge in [-0.3, -0.25) is 20.5 Å². The van der Waals surface area contributed by atoms with E-state index in [1.807, 2.05) is 0 Å². The molecule has 0 aromatic carbocycles. The number of aromatic nitrogens is 1. The zero-order valence-corrected chi connectivity index (χ0v) is 12.5. The second kappa shape index (κ2) is 6.38. The van der Waals surface area contributed by atoms with Gasteiger partial charge in [0.15, 0.2) is 0 Å². The van der Waals surface area contributed by atoms with Crippen LogP contribution in [0.2, 0.25) is 0 Å². The Hall–Kier alpha value is -1.70. The second-order valence-corrected chi connectivity index (χ2v) is 5.95. The molecule has 0 radical (unpaired) electrons. The van der Waals surface area contributed by atoms with Gasteiger partial charge in [0.05, 0.1) is 23.0 Å². The number of nitrogens with two attached hydrogens (primary N) is 1. The van der Waals surface area contributed by atoms with E-state index >= 15 is 0 Å². The summed E-state index contributed by atoms with van der Waals surface area (Å²) in [5, 5.41) is 9.84. The number of nitrogens with zero attached hydrogens (tertiary/aromatic N) is 3. The van der Waals surface area contributed by atoms with Gasteiger partial charge >= 0.3 is 0 Å². The lowest BCUT2D eigenvalue weighted by Gasteiger charge is -2.37. The molecule has 1 amide bonds. The molecule has 1 aromatic rings. The Morgan fingerprint density at radius 3 is 2.67 bits per heavy atom. The first-order chi connectivity index (χ1) is 9.90. The van der Waals surface area contributed by atoms with E-state index in [1.165, 1.54) is 6.20 Å². The number of amides is 1. The predicted molar refractivity (Wildman–Crippen MR) is 80.7 cm³/mol. The monoisotopic (exact) mass is 293 g/mol. The predicted octanol–water partition coefficient (Wildman–Crippen LogP) is -0.104. The number of hydrazine groups is 1. The first-order valence-electron chi connectivity index (χ1n) is 7.05. The lowest BCUT2D eigenvalue weighted by atomic mass is 10.1. The van der Waals surface area contributed by atoms with Crippen LogP contribution in [0, 0.1) is 0 Å². The van der Waals surface area contributed by atoms with Crippen LogP contribution in [0.1, 0.15) is 24.2 Å².